The molecular formula is C19H22ClFN2O3. The molecule has 1 aliphatic carbocycles. The van der Waals surface area contributed by atoms with E-state index in [-0.39, 0.29) is 35.2 Å². The first kappa shape index (κ1) is 20.0. The molecule has 0 aliphatic heterocycles. The van der Waals surface area contributed by atoms with Gasteiger partial charge in [-0.2, -0.15) is 0 Å². The van der Waals surface area contributed by atoms with Gasteiger partial charge in [-0.3, -0.25) is 4.79 Å². The van der Waals surface area contributed by atoms with Gasteiger partial charge in [0.05, 0.1) is 5.56 Å². The molecule has 1 amide bonds. The lowest BCUT2D eigenvalue weighted by Crippen LogP contribution is -2.15. The number of benzene rings is 2. The van der Waals surface area contributed by atoms with Crippen molar-refractivity contribution in [2.45, 2.75) is 25.8 Å². The quantitative estimate of drug-likeness (QED) is 0.609. The summed E-state index contributed by atoms with van der Waals surface area (Å²) in [6, 6.07) is 8.78. The summed E-state index contributed by atoms with van der Waals surface area (Å²) in [6.07, 6.45) is 3.84. The number of halogens is 2. The van der Waals surface area contributed by atoms with Crippen LogP contribution in [0.2, 0.25) is 0 Å². The van der Waals surface area contributed by atoms with Crippen molar-refractivity contribution < 1.29 is 19.0 Å². The number of ether oxygens (including phenoxy) is 1. The maximum atomic E-state index is 14.2. The Morgan fingerprint density at radius 2 is 2.04 bits per heavy atom. The van der Waals surface area contributed by atoms with Crippen LogP contribution in [0.5, 0.6) is 17.2 Å². The Bertz CT molecular complexity index is 781. The zero-order valence-corrected chi connectivity index (χ0v) is 15.0. The summed E-state index contributed by atoms with van der Waals surface area (Å²) >= 11 is 0. The van der Waals surface area contributed by atoms with E-state index in [4.69, 9.17) is 10.5 Å². The van der Waals surface area contributed by atoms with E-state index in [1.165, 1.54) is 43.5 Å². The summed E-state index contributed by atoms with van der Waals surface area (Å²) in [5, 5.41) is 13.0. The van der Waals surface area contributed by atoms with E-state index in [0.29, 0.717) is 6.54 Å². The van der Waals surface area contributed by atoms with Crippen LogP contribution >= 0.6 is 12.4 Å². The lowest BCUT2D eigenvalue weighted by Gasteiger charge is -2.10. The van der Waals surface area contributed by atoms with Gasteiger partial charge in [-0.05, 0) is 48.7 Å². The summed E-state index contributed by atoms with van der Waals surface area (Å²) in [4.78, 5) is 11.1. The fraction of sp³-hybridized carbons (Fsp3) is 0.316. The topological polar surface area (TPSA) is 84.6 Å². The molecule has 2 aromatic carbocycles. The standard InChI is InChI=1S/C19H21FN2O3.ClH/c20-16-9-13(11-22-8-7-12-1-2-12)3-6-18(16)25-14-4-5-15(19(21)24)17(23)10-14;/h3-6,9-10,12,22-23H,1-2,7-8,11H2,(H2,21,24);1H. The van der Waals surface area contributed by atoms with Crippen LogP contribution in [0, 0.1) is 11.7 Å². The Morgan fingerprint density at radius 1 is 1.27 bits per heavy atom. The van der Waals surface area contributed by atoms with Gasteiger partial charge in [0, 0.05) is 12.6 Å². The molecule has 0 heterocycles. The predicted molar refractivity (Wildman–Crippen MR) is 99.4 cm³/mol. The van der Waals surface area contributed by atoms with Gasteiger partial charge in [-0.25, -0.2) is 4.39 Å². The first-order valence-electron chi connectivity index (χ1n) is 8.33. The van der Waals surface area contributed by atoms with Crippen molar-refractivity contribution in [3.05, 3.63) is 53.3 Å². The van der Waals surface area contributed by atoms with Gasteiger partial charge in [0.2, 0.25) is 0 Å². The summed E-state index contributed by atoms with van der Waals surface area (Å²) in [5.41, 5.74) is 5.95. The molecule has 3 rings (SSSR count). The molecule has 0 saturated heterocycles. The second-order valence-corrected chi connectivity index (χ2v) is 6.32. The monoisotopic (exact) mass is 380 g/mol. The van der Waals surface area contributed by atoms with Crippen LogP contribution in [-0.2, 0) is 6.54 Å². The first-order valence-corrected chi connectivity index (χ1v) is 8.33. The van der Waals surface area contributed by atoms with Crippen molar-refractivity contribution in [3.63, 3.8) is 0 Å². The van der Waals surface area contributed by atoms with E-state index in [1.807, 2.05) is 0 Å². The lowest BCUT2D eigenvalue weighted by molar-refractivity contribution is 0.0997. The number of primary amides is 1. The smallest absolute Gasteiger partial charge is 0.252 e. The van der Waals surface area contributed by atoms with Gasteiger partial charge in [-0.15, -0.1) is 12.4 Å². The number of rotatable bonds is 8. The van der Waals surface area contributed by atoms with Gasteiger partial charge in [-0.1, -0.05) is 18.9 Å². The SMILES string of the molecule is Cl.NC(=O)c1ccc(Oc2ccc(CNCCC3CC3)cc2F)cc1O. The number of carbonyl (C=O) groups excluding carboxylic acids is 1. The fourth-order valence-corrected chi connectivity index (χ4v) is 2.59. The molecule has 2 aromatic rings. The summed E-state index contributed by atoms with van der Waals surface area (Å²) in [7, 11) is 0. The zero-order chi connectivity index (χ0) is 17.8. The largest absolute Gasteiger partial charge is 0.507 e. The molecule has 1 aliphatic rings. The minimum atomic E-state index is -0.742. The molecule has 5 nitrogen and oxygen atoms in total. The van der Waals surface area contributed by atoms with E-state index in [1.54, 1.807) is 12.1 Å². The van der Waals surface area contributed by atoms with Crippen LogP contribution in [0.4, 0.5) is 4.39 Å². The summed E-state index contributed by atoms with van der Waals surface area (Å²) < 4.78 is 19.6. The highest BCUT2D eigenvalue weighted by molar-refractivity contribution is 5.95. The third-order valence-electron chi connectivity index (χ3n) is 4.21. The van der Waals surface area contributed by atoms with Crippen molar-refractivity contribution in [2.24, 2.45) is 11.7 Å². The molecule has 1 saturated carbocycles. The van der Waals surface area contributed by atoms with Crippen LogP contribution in [0.25, 0.3) is 0 Å². The van der Waals surface area contributed by atoms with E-state index in [9.17, 15) is 14.3 Å². The van der Waals surface area contributed by atoms with Crippen LogP contribution in [0.3, 0.4) is 0 Å². The first-order chi connectivity index (χ1) is 12.0. The molecule has 26 heavy (non-hydrogen) atoms. The number of nitrogens with two attached hydrogens (primary N) is 1. The minimum absolute atomic E-state index is 0. The molecule has 0 unspecified atom stereocenters. The number of hydrogen-bond acceptors (Lipinski definition) is 4. The van der Waals surface area contributed by atoms with Crippen molar-refractivity contribution >= 4 is 18.3 Å². The Morgan fingerprint density at radius 3 is 2.65 bits per heavy atom. The summed E-state index contributed by atoms with van der Waals surface area (Å²) in [6.45, 7) is 1.55. The molecule has 7 heteroatoms. The molecule has 4 N–H and O–H groups in total. The lowest BCUT2D eigenvalue weighted by atomic mass is 10.2. The molecular weight excluding hydrogens is 359 g/mol. The Kier molecular flexibility index (Phi) is 6.83. The van der Waals surface area contributed by atoms with E-state index in [2.05, 4.69) is 5.32 Å². The molecule has 0 bridgehead atoms. The van der Waals surface area contributed by atoms with Gasteiger partial charge in [0.1, 0.15) is 11.5 Å². The number of phenols is 1. The third-order valence-corrected chi connectivity index (χ3v) is 4.21. The zero-order valence-electron chi connectivity index (χ0n) is 14.2. The summed E-state index contributed by atoms with van der Waals surface area (Å²) in [5.74, 6) is -0.391. The highest BCUT2D eigenvalue weighted by Crippen LogP contribution is 2.32. The number of nitrogens with one attached hydrogen (secondary N) is 1. The fourth-order valence-electron chi connectivity index (χ4n) is 2.59. The Balaban J connectivity index is 0.00000243. The third kappa shape index (κ3) is 5.34. The van der Waals surface area contributed by atoms with Crippen LogP contribution in [0.1, 0.15) is 35.2 Å². The highest BCUT2D eigenvalue weighted by Gasteiger charge is 2.20. The van der Waals surface area contributed by atoms with Crippen LogP contribution in [-0.4, -0.2) is 17.6 Å². The second kappa shape index (κ2) is 8.87. The van der Waals surface area contributed by atoms with Crippen molar-refractivity contribution in [1.29, 1.82) is 0 Å². The molecule has 0 atom stereocenters. The van der Waals surface area contributed by atoms with Gasteiger partial charge < -0.3 is 20.9 Å². The van der Waals surface area contributed by atoms with Crippen LogP contribution in [0.15, 0.2) is 36.4 Å². The minimum Gasteiger partial charge on any atom is -0.507 e. The average Bonchev–Trinajstić information content (AvgIpc) is 3.38. The number of aromatic hydroxyl groups is 1. The number of carbonyl (C=O) groups is 1. The Labute approximate surface area is 157 Å². The Hall–Kier alpha value is -2.31. The van der Waals surface area contributed by atoms with E-state index >= 15 is 0 Å². The maximum absolute atomic E-state index is 14.2. The second-order valence-electron chi connectivity index (χ2n) is 6.32. The van der Waals surface area contributed by atoms with Crippen molar-refractivity contribution in [3.8, 4) is 17.2 Å². The van der Waals surface area contributed by atoms with Gasteiger partial charge >= 0.3 is 0 Å². The molecule has 0 spiro atoms. The van der Waals surface area contributed by atoms with Crippen LogP contribution < -0.4 is 15.8 Å². The average molecular weight is 381 g/mol. The normalized spacial score (nSPS) is 13.1. The number of amides is 1. The predicted octanol–water partition coefficient (Wildman–Crippen LogP) is 3.73. The molecule has 1 fully saturated rings. The number of hydrogen-bond donors (Lipinski definition) is 3. The molecule has 0 aromatic heterocycles. The highest BCUT2D eigenvalue weighted by atomic mass is 35.5. The van der Waals surface area contributed by atoms with Gasteiger partial charge in [0.15, 0.2) is 11.6 Å². The molecule has 0 radical (unpaired) electrons. The maximum Gasteiger partial charge on any atom is 0.252 e. The van der Waals surface area contributed by atoms with E-state index in [0.717, 1.165) is 18.0 Å². The van der Waals surface area contributed by atoms with Crippen molar-refractivity contribution in [1.82, 2.24) is 5.32 Å². The molecule has 140 valence electrons. The van der Waals surface area contributed by atoms with Gasteiger partial charge in [0.25, 0.3) is 5.91 Å². The van der Waals surface area contributed by atoms with E-state index < -0.39 is 11.7 Å². The van der Waals surface area contributed by atoms with Crippen molar-refractivity contribution in [2.75, 3.05) is 6.54 Å².